The molecule has 2 aromatic heterocycles. The molecule has 2 aliphatic rings. The lowest BCUT2D eigenvalue weighted by molar-refractivity contribution is 0.496. The molecule has 0 radical (unpaired) electrons. The molecule has 1 unspecified atom stereocenters. The van der Waals surface area contributed by atoms with Crippen molar-refractivity contribution in [3.05, 3.63) is 35.7 Å². The van der Waals surface area contributed by atoms with Crippen LogP contribution in [0.3, 0.4) is 0 Å². The minimum atomic E-state index is 0.400. The van der Waals surface area contributed by atoms with E-state index in [9.17, 15) is 5.26 Å². The topological polar surface area (TPSA) is 78.8 Å². The first-order chi connectivity index (χ1) is 11.8. The summed E-state index contributed by atoms with van der Waals surface area (Å²) in [6.07, 6.45) is 10.5. The summed E-state index contributed by atoms with van der Waals surface area (Å²) in [7, 11) is 0. The summed E-state index contributed by atoms with van der Waals surface area (Å²) in [6.45, 7) is 0.929. The molecule has 6 nitrogen and oxygen atoms in total. The zero-order valence-corrected chi connectivity index (χ0v) is 13.5. The van der Waals surface area contributed by atoms with E-state index in [2.05, 4.69) is 33.3 Å². The van der Waals surface area contributed by atoms with Crippen LogP contribution in [-0.4, -0.2) is 27.8 Å². The standard InChI is InChI=1S/C18H19N5O/c19-12-13-9-10-15-18-22-21-16(24-18)8-4-2-1-3-6-14-7-5-11-23(14)17(13)20-15/h1,3,9-10,14H,2,4-8,11H2. The number of hydrogen-bond donors (Lipinski definition) is 0. The van der Waals surface area contributed by atoms with Gasteiger partial charge in [0.05, 0.1) is 5.56 Å². The van der Waals surface area contributed by atoms with Gasteiger partial charge in [-0.15, -0.1) is 10.2 Å². The molecular weight excluding hydrogens is 302 g/mol. The fourth-order valence-electron chi connectivity index (χ4n) is 3.43. The second-order valence-electron chi connectivity index (χ2n) is 6.27. The Hall–Kier alpha value is -2.68. The van der Waals surface area contributed by atoms with Crippen LogP contribution in [0.2, 0.25) is 0 Å². The van der Waals surface area contributed by atoms with Crippen LogP contribution >= 0.6 is 0 Å². The number of nitriles is 1. The average Bonchev–Trinajstić information content (AvgIpc) is 3.26. The molecule has 0 amide bonds. The van der Waals surface area contributed by atoms with E-state index in [-0.39, 0.29) is 0 Å². The van der Waals surface area contributed by atoms with Crippen LogP contribution in [0, 0.1) is 11.3 Å². The second kappa shape index (κ2) is 6.44. The molecule has 0 aliphatic carbocycles. The zero-order valence-electron chi connectivity index (χ0n) is 13.5. The molecule has 1 saturated heterocycles. The number of aryl methyl sites for hydroxylation is 1. The van der Waals surface area contributed by atoms with Gasteiger partial charge in [-0.1, -0.05) is 12.2 Å². The van der Waals surface area contributed by atoms with E-state index in [1.54, 1.807) is 12.1 Å². The maximum atomic E-state index is 9.47. The van der Waals surface area contributed by atoms with E-state index >= 15 is 0 Å². The highest BCUT2D eigenvalue weighted by Gasteiger charge is 2.27. The number of anilines is 1. The van der Waals surface area contributed by atoms with Gasteiger partial charge >= 0.3 is 0 Å². The molecule has 4 rings (SSSR count). The molecule has 6 heteroatoms. The van der Waals surface area contributed by atoms with Crippen molar-refractivity contribution in [3.63, 3.8) is 0 Å². The summed E-state index contributed by atoms with van der Waals surface area (Å²) >= 11 is 0. The van der Waals surface area contributed by atoms with Gasteiger partial charge in [0, 0.05) is 19.0 Å². The van der Waals surface area contributed by atoms with Crippen molar-refractivity contribution in [3.8, 4) is 17.7 Å². The third-order valence-electron chi connectivity index (χ3n) is 4.67. The minimum Gasteiger partial charge on any atom is -0.419 e. The second-order valence-corrected chi connectivity index (χ2v) is 6.27. The number of aromatic nitrogens is 3. The Labute approximate surface area is 140 Å². The summed E-state index contributed by atoms with van der Waals surface area (Å²) < 4.78 is 5.74. The largest absolute Gasteiger partial charge is 0.419 e. The number of nitrogens with zero attached hydrogens (tertiary/aromatic N) is 5. The molecule has 0 aromatic carbocycles. The quantitative estimate of drug-likeness (QED) is 0.693. The smallest absolute Gasteiger partial charge is 0.266 e. The maximum absolute atomic E-state index is 9.47. The molecule has 0 spiro atoms. The first-order valence-electron chi connectivity index (χ1n) is 8.50. The van der Waals surface area contributed by atoms with Crippen molar-refractivity contribution in [2.24, 2.45) is 0 Å². The zero-order chi connectivity index (χ0) is 16.4. The molecule has 0 saturated carbocycles. The predicted octanol–water partition coefficient (Wildman–Crippen LogP) is 3.25. The van der Waals surface area contributed by atoms with Crippen LogP contribution in [0.4, 0.5) is 5.82 Å². The lowest BCUT2D eigenvalue weighted by Gasteiger charge is -2.26. The third kappa shape index (κ3) is 2.78. The SMILES string of the molecule is N#Cc1ccc2nc1N1CCCC1CC=CCCCc1nnc-2o1. The van der Waals surface area contributed by atoms with E-state index in [4.69, 9.17) is 9.40 Å². The molecule has 122 valence electrons. The summed E-state index contributed by atoms with van der Waals surface area (Å²) in [5.41, 5.74) is 1.24. The van der Waals surface area contributed by atoms with Crippen molar-refractivity contribution in [2.75, 3.05) is 11.4 Å². The van der Waals surface area contributed by atoms with Crippen LogP contribution in [0.25, 0.3) is 11.6 Å². The van der Waals surface area contributed by atoms with Gasteiger partial charge in [-0.05, 0) is 44.2 Å². The minimum absolute atomic E-state index is 0.400. The molecular formula is C18H19N5O. The van der Waals surface area contributed by atoms with Gasteiger partial charge in [-0.2, -0.15) is 5.26 Å². The predicted molar refractivity (Wildman–Crippen MR) is 89.3 cm³/mol. The average molecular weight is 321 g/mol. The van der Waals surface area contributed by atoms with E-state index < -0.39 is 0 Å². The normalized spacial score (nSPS) is 20.3. The molecule has 24 heavy (non-hydrogen) atoms. The first-order valence-corrected chi connectivity index (χ1v) is 8.50. The Morgan fingerprint density at radius 3 is 3.08 bits per heavy atom. The summed E-state index contributed by atoms with van der Waals surface area (Å²) in [6, 6.07) is 6.26. The van der Waals surface area contributed by atoms with Crippen LogP contribution in [0.1, 0.15) is 43.6 Å². The molecule has 2 aliphatic heterocycles. The monoisotopic (exact) mass is 321 g/mol. The summed E-state index contributed by atoms with van der Waals surface area (Å²) in [4.78, 5) is 6.96. The van der Waals surface area contributed by atoms with Crippen molar-refractivity contribution >= 4 is 5.82 Å². The Morgan fingerprint density at radius 2 is 2.17 bits per heavy atom. The van der Waals surface area contributed by atoms with Gasteiger partial charge in [0.1, 0.15) is 17.6 Å². The molecule has 4 heterocycles. The molecule has 1 fully saturated rings. The maximum Gasteiger partial charge on any atom is 0.266 e. The summed E-state index contributed by atoms with van der Waals surface area (Å²) in [5, 5.41) is 17.7. The Kier molecular flexibility index (Phi) is 3.99. The Balaban J connectivity index is 1.80. The van der Waals surface area contributed by atoms with E-state index in [0.29, 0.717) is 29.1 Å². The highest BCUT2D eigenvalue weighted by molar-refractivity contribution is 5.61. The van der Waals surface area contributed by atoms with Crippen molar-refractivity contribution < 1.29 is 4.42 Å². The third-order valence-corrected chi connectivity index (χ3v) is 4.67. The highest BCUT2D eigenvalue weighted by atomic mass is 16.4. The van der Waals surface area contributed by atoms with Gasteiger partial charge in [0.15, 0.2) is 0 Å². The molecule has 0 N–H and O–H groups in total. The summed E-state index contributed by atoms with van der Waals surface area (Å²) in [5.74, 6) is 1.81. The lowest BCUT2D eigenvalue weighted by Crippen LogP contribution is -2.30. The van der Waals surface area contributed by atoms with Gasteiger partial charge in [0.2, 0.25) is 5.89 Å². The van der Waals surface area contributed by atoms with Crippen molar-refractivity contribution in [2.45, 2.75) is 44.6 Å². The van der Waals surface area contributed by atoms with Gasteiger partial charge in [-0.3, -0.25) is 0 Å². The van der Waals surface area contributed by atoms with E-state index in [1.165, 1.54) is 0 Å². The van der Waals surface area contributed by atoms with Crippen LogP contribution in [-0.2, 0) is 6.42 Å². The van der Waals surface area contributed by atoms with Crippen molar-refractivity contribution in [1.82, 2.24) is 15.2 Å². The number of rotatable bonds is 0. The Bertz CT molecular complexity index is 804. The fourth-order valence-corrected chi connectivity index (χ4v) is 3.43. The van der Waals surface area contributed by atoms with Gasteiger partial charge in [0.25, 0.3) is 5.89 Å². The molecule has 4 bridgehead atoms. The van der Waals surface area contributed by atoms with E-state index in [1.807, 2.05) is 0 Å². The highest BCUT2D eigenvalue weighted by Crippen LogP contribution is 2.31. The van der Waals surface area contributed by atoms with Gasteiger partial charge < -0.3 is 9.32 Å². The van der Waals surface area contributed by atoms with Crippen molar-refractivity contribution in [1.29, 1.82) is 5.26 Å². The van der Waals surface area contributed by atoms with Crippen LogP contribution < -0.4 is 4.90 Å². The number of pyridine rings is 1. The van der Waals surface area contributed by atoms with Crippen LogP contribution in [0.5, 0.6) is 0 Å². The van der Waals surface area contributed by atoms with Crippen LogP contribution in [0.15, 0.2) is 28.7 Å². The molecule has 2 aromatic rings. The van der Waals surface area contributed by atoms with E-state index in [0.717, 1.165) is 50.9 Å². The lowest BCUT2D eigenvalue weighted by atomic mass is 10.1. The number of fused-ring (bicyclic) bond motifs is 7. The van der Waals surface area contributed by atoms with Gasteiger partial charge in [-0.25, -0.2) is 4.98 Å². The first kappa shape index (κ1) is 14.9. The number of hydrogen-bond acceptors (Lipinski definition) is 6. The molecule has 1 atom stereocenters. The number of allylic oxidation sites excluding steroid dienone is 1. The fraction of sp³-hybridized carbons (Fsp3) is 0.444. The Morgan fingerprint density at radius 1 is 1.21 bits per heavy atom.